The molecule has 0 aliphatic heterocycles. The number of sulfonamides is 1. The average molecular weight is 453 g/mol. The molecule has 2 aromatic rings. The molecule has 0 saturated heterocycles. The first-order valence-corrected chi connectivity index (χ1v) is 11.1. The first-order valence-electron chi connectivity index (χ1n) is 8.84. The van der Waals surface area contributed by atoms with Gasteiger partial charge in [0.15, 0.2) is 0 Å². The van der Waals surface area contributed by atoms with Crippen LogP contribution < -0.4 is 5.32 Å². The summed E-state index contributed by atoms with van der Waals surface area (Å²) in [6.45, 7) is 8.14. The minimum atomic E-state index is -3.59. The van der Waals surface area contributed by atoms with Gasteiger partial charge in [0, 0.05) is 23.2 Å². The molecule has 0 saturated carbocycles. The van der Waals surface area contributed by atoms with Crippen molar-refractivity contribution in [3.05, 3.63) is 57.6 Å². The van der Waals surface area contributed by atoms with Crippen molar-refractivity contribution >= 4 is 37.5 Å². The summed E-state index contributed by atoms with van der Waals surface area (Å²) in [6.07, 6.45) is 0.213. The zero-order chi connectivity index (χ0) is 20.2. The Balaban J connectivity index is 2.31. The Hall–Kier alpha value is -1.70. The van der Waals surface area contributed by atoms with Crippen molar-refractivity contribution < 1.29 is 13.2 Å². The van der Waals surface area contributed by atoms with Crippen LogP contribution in [0.1, 0.15) is 30.5 Å². The van der Waals surface area contributed by atoms with Gasteiger partial charge in [-0.1, -0.05) is 41.9 Å². The molecule has 0 bridgehead atoms. The quantitative estimate of drug-likeness (QED) is 0.681. The van der Waals surface area contributed by atoms with Crippen molar-refractivity contribution in [2.45, 2.75) is 39.0 Å². The van der Waals surface area contributed by atoms with Gasteiger partial charge in [-0.05, 0) is 54.8 Å². The van der Waals surface area contributed by atoms with Gasteiger partial charge in [0.05, 0.1) is 11.3 Å². The van der Waals surface area contributed by atoms with Crippen LogP contribution in [-0.2, 0) is 21.2 Å². The maximum absolute atomic E-state index is 12.8. The number of aryl methyl sites for hydroxylation is 1. The zero-order valence-electron chi connectivity index (χ0n) is 16.0. The Kier molecular flexibility index (Phi) is 7.19. The van der Waals surface area contributed by atoms with Crippen molar-refractivity contribution in [2.75, 3.05) is 18.4 Å². The highest BCUT2D eigenvalue weighted by Gasteiger charge is 2.23. The molecule has 2 rings (SSSR count). The minimum absolute atomic E-state index is 0.187. The normalized spacial score (nSPS) is 11.6. The van der Waals surface area contributed by atoms with Crippen molar-refractivity contribution in [1.82, 2.24) is 4.31 Å². The van der Waals surface area contributed by atoms with Crippen LogP contribution in [0.15, 0.2) is 45.8 Å². The van der Waals surface area contributed by atoms with Crippen LogP contribution in [0.4, 0.5) is 5.69 Å². The minimum Gasteiger partial charge on any atom is -0.326 e. The molecule has 27 heavy (non-hydrogen) atoms. The lowest BCUT2D eigenvalue weighted by molar-refractivity contribution is -0.115. The molecule has 0 unspecified atom stereocenters. The number of rotatable bonds is 7. The van der Waals surface area contributed by atoms with Crippen LogP contribution in [0.25, 0.3) is 0 Å². The Labute approximate surface area is 170 Å². The predicted molar refractivity (Wildman–Crippen MR) is 112 cm³/mol. The molecule has 0 radical (unpaired) electrons. The van der Waals surface area contributed by atoms with Gasteiger partial charge in [0.1, 0.15) is 0 Å². The SMILES string of the molecule is CCN(CC)S(=O)(=O)c1cc(C)c(C)c(NC(=O)Cc2cccc(Br)c2)c1. The molecular weight excluding hydrogens is 428 g/mol. The van der Waals surface area contributed by atoms with Crippen molar-refractivity contribution in [1.29, 1.82) is 0 Å². The first-order chi connectivity index (χ1) is 12.7. The predicted octanol–water partition coefficient (Wildman–Crippen LogP) is 4.28. The second kappa shape index (κ2) is 8.99. The lowest BCUT2D eigenvalue weighted by atomic mass is 10.1. The topological polar surface area (TPSA) is 66.5 Å². The monoisotopic (exact) mass is 452 g/mol. The second-order valence-corrected chi connectivity index (χ2v) is 9.21. The molecule has 0 aliphatic rings. The maximum Gasteiger partial charge on any atom is 0.243 e. The van der Waals surface area contributed by atoms with Gasteiger partial charge in [-0.3, -0.25) is 4.79 Å². The van der Waals surface area contributed by atoms with Crippen LogP contribution >= 0.6 is 15.9 Å². The molecule has 7 heteroatoms. The van der Waals surface area contributed by atoms with E-state index in [1.165, 1.54) is 4.31 Å². The molecule has 1 N–H and O–H groups in total. The van der Waals surface area contributed by atoms with Gasteiger partial charge in [-0.15, -0.1) is 0 Å². The zero-order valence-corrected chi connectivity index (χ0v) is 18.4. The Bertz CT molecular complexity index is 938. The number of amides is 1. The fraction of sp³-hybridized carbons (Fsp3) is 0.350. The average Bonchev–Trinajstić information content (AvgIpc) is 2.59. The van der Waals surface area contributed by atoms with E-state index in [4.69, 9.17) is 0 Å². The van der Waals surface area contributed by atoms with E-state index >= 15 is 0 Å². The van der Waals surface area contributed by atoms with Gasteiger partial charge < -0.3 is 5.32 Å². The lowest BCUT2D eigenvalue weighted by Gasteiger charge is -2.20. The molecule has 0 fully saturated rings. The maximum atomic E-state index is 12.8. The first kappa shape index (κ1) is 21.6. The second-order valence-electron chi connectivity index (χ2n) is 6.36. The summed E-state index contributed by atoms with van der Waals surface area (Å²) in [7, 11) is -3.59. The largest absolute Gasteiger partial charge is 0.326 e. The summed E-state index contributed by atoms with van der Waals surface area (Å²) in [6, 6.07) is 10.8. The number of benzene rings is 2. The molecule has 146 valence electrons. The third kappa shape index (κ3) is 5.18. The molecule has 2 aromatic carbocycles. The standard InChI is InChI=1S/C20H25BrN2O3S/c1-5-23(6-2)27(25,26)18-10-14(3)15(4)19(13-18)22-20(24)12-16-8-7-9-17(21)11-16/h7-11,13H,5-6,12H2,1-4H3,(H,22,24). The fourth-order valence-corrected chi connectivity index (χ4v) is 4.86. The van der Waals surface area contributed by atoms with Crippen molar-refractivity contribution in [3.8, 4) is 0 Å². The Morgan fingerprint density at radius 3 is 2.37 bits per heavy atom. The van der Waals surface area contributed by atoms with Crippen LogP contribution in [0, 0.1) is 13.8 Å². The highest BCUT2D eigenvalue weighted by atomic mass is 79.9. The number of hydrogen-bond donors (Lipinski definition) is 1. The van der Waals surface area contributed by atoms with Crippen LogP contribution in [-0.4, -0.2) is 31.7 Å². The van der Waals surface area contributed by atoms with Gasteiger partial charge in [-0.25, -0.2) is 8.42 Å². The summed E-state index contributed by atoms with van der Waals surface area (Å²) in [5.74, 6) is -0.187. The Morgan fingerprint density at radius 2 is 1.78 bits per heavy atom. The number of nitrogens with one attached hydrogen (secondary N) is 1. The van der Waals surface area contributed by atoms with Crippen molar-refractivity contribution in [2.24, 2.45) is 0 Å². The van der Waals surface area contributed by atoms with Gasteiger partial charge in [0.25, 0.3) is 0 Å². The van der Waals surface area contributed by atoms with E-state index in [-0.39, 0.29) is 17.2 Å². The van der Waals surface area contributed by atoms with E-state index in [1.807, 2.05) is 52.0 Å². The Morgan fingerprint density at radius 1 is 1.11 bits per heavy atom. The third-order valence-corrected chi connectivity index (χ3v) is 7.03. The summed E-state index contributed by atoms with van der Waals surface area (Å²) in [5.41, 5.74) is 3.08. The highest BCUT2D eigenvalue weighted by molar-refractivity contribution is 9.10. The van der Waals surface area contributed by atoms with Crippen molar-refractivity contribution in [3.63, 3.8) is 0 Å². The number of hydrogen-bond acceptors (Lipinski definition) is 3. The fourth-order valence-electron chi connectivity index (χ4n) is 2.84. The van der Waals surface area contributed by atoms with E-state index in [0.29, 0.717) is 18.8 Å². The number of halogens is 1. The molecule has 0 aliphatic carbocycles. The van der Waals surface area contributed by atoms with E-state index in [0.717, 1.165) is 21.2 Å². The number of carbonyl (C=O) groups is 1. The smallest absolute Gasteiger partial charge is 0.243 e. The van der Waals surface area contributed by atoms with Gasteiger partial charge in [0.2, 0.25) is 15.9 Å². The highest BCUT2D eigenvalue weighted by Crippen LogP contribution is 2.26. The van der Waals surface area contributed by atoms with E-state index in [2.05, 4.69) is 21.2 Å². The number of carbonyl (C=O) groups excluding carboxylic acids is 1. The molecule has 1 amide bonds. The molecule has 0 aromatic heterocycles. The molecular formula is C20H25BrN2O3S. The van der Waals surface area contributed by atoms with Crippen LogP contribution in [0.2, 0.25) is 0 Å². The molecule has 0 heterocycles. The van der Waals surface area contributed by atoms with Gasteiger partial charge in [-0.2, -0.15) is 4.31 Å². The van der Waals surface area contributed by atoms with E-state index < -0.39 is 10.0 Å². The van der Waals surface area contributed by atoms with Crippen LogP contribution in [0.3, 0.4) is 0 Å². The van der Waals surface area contributed by atoms with E-state index in [1.54, 1.807) is 12.1 Å². The molecule has 0 spiro atoms. The van der Waals surface area contributed by atoms with Crippen LogP contribution in [0.5, 0.6) is 0 Å². The molecule has 0 atom stereocenters. The van der Waals surface area contributed by atoms with E-state index in [9.17, 15) is 13.2 Å². The third-order valence-electron chi connectivity index (χ3n) is 4.51. The number of anilines is 1. The lowest BCUT2D eigenvalue weighted by Crippen LogP contribution is -2.30. The summed E-state index contributed by atoms with van der Waals surface area (Å²) in [4.78, 5) is 12.7. The summed E-state index contributed by atoms with van der Waals surface area (Å²) >= 11 is 3.40. The molecule has 5 nitrogen and oxygen atoms in total. The summed E-state index contributed by atoms with van der Waals surface area (Å²) in [5, 5.41) is 2.87. The summed E-state index contributed by atoms with van der Waals surface area (Å²) < 4.78 is 28.0. The number of nitrogens with zero attached hydrogens (tertiary/aromatic N) is 1. The van der Waals surface area contributed by atoms with Gasteiger partial charge >= 0.3 is 0 Å².